The minimum atomic E-state index is 0.211. The molecule has 2 aromatic rings. The van der Waals surface area contributed by atoms with Crippen molar-refractivity contribution >= 4 is 21.7 Å². The zero-order valence-electron chi connectivity index (χ0n) is 10.2. The maximum absolute atomic E-state index is 9.50. The molecule has 1 aromatic heterocycles. The van der Waals surface area contributed by atoms with E-state index < -0.39 is 0 Å². The van der Waals surface area contributed by atoms with E-state index in [0.717, 1.165) is 28.0 Å². The van der Waals surface area contributed by atoms with Gasteiger partial charge in [0.15, 0.2) is 5.82 Å². The first-order chi connectivity index (χ1) is 8.65. The zero-order valence-corrected chi connectivity index (χ0v) is 11.8. The smallest absolute Gasteiger partial charge is 0.161 e. The van der Waals surface area contributed by atoms with Crippen molar-refractivity contribution in [3.05, 3.63) is 34.4 Å². The molecular weight excluding hydrogens is 294 g/mol. The van der Waals surface area contributed by atoms with E-state index in [0.29, 0.717) is 5.82 Å². The predicted octanol–water partition coefficient (Wildman–Crippen LogP) is 3.22. The second-order valence-corrected chi connectivity index (χ2v) is 4.60. The molecular formula is C13H14BrN3O. The Hall–Kier alpha value is -1.62. The number of rotatable bonds is 3. The highest BCUT2D eigenvalue weighted by molar-refractivity contribution is 9.10. The maximum Gasteiger partial charge on any atom is 0.161 e. The Balaban J connectivity index is 2.58. The molecule has 0 saturated carbocycles. The van der Waals surface area contributed by atoms with Gasteiger partial charge in [-0.3, -0.25) is 0 Å². The van der Waals surface area contributed by atoms with Crippen LogP contribution in [0.5, 0.6) is 5.75 Å². The lowest BCUT2D eigenvalue weighted by Gasteiger charge is -2.10. The topological polar surface area (TPSA) is 58.0 Å². The lowest BCUT2D eigenvalue weighted by atomic mass is 10.2. The van der Waals surface area contributed by atoms with Gasteiger partial charge in [0.25, 0.3) is 0 Å². The monoisotopic (exact) mass is 307 g/mol. The van der Waals surface area contributed by atoms with Crippen molar-refractivity contribution < 1.29 is 5.11 Å². The van der Waals surface area contributed by atoms with Gasteiger partial charge < -0.3 is 10.4 Å². The van der Waals surface area contributed by atoms with Crippen LogP contribution in [0.25, 0.3) is 11.4 Å². The summed E-state index contributed by atoms with van der Waals surface area (Å²) in [6.45, 7) is 2.04. The first-order valence-corrected chi connectivity index (χ1v) is 6.48. The number of nitrogens with zero attached hydrogens (tertiary/aromatic N) is 2. The van der Waals surface area contributed by atoms with E-state index in [2.05, 4.69) is 31.2 Å². The van der Waals surface area contributed by atoms with Crippen molar-refractivity contribution in [3.8, 4) is 17.1 Å². The van der Waals surface area contributed by atoms with Crippen molar-refractivity contribution in [1.29, 1.82) is 0 Å². The summed E-state index contributed by atoms with van der Waals surface area (Å²) in [6.07, 6.45) is 0.809. The average Bonchev–Trinajstić information content (AvgIpc) is 2.39. The Bertz CT molecular complexity index is 547. The molecule has 0 aliphatic rings. The third kappa shape index (κ3) is 2.46. The molecule has 5 heteroatoms. The van der Waals surface area contributed by atoms with Gasteiger partial charge in [0.05, 0.1) is 10.2 Å². The van der Waals surface area contributed by atoms with Crippen LogP contribution >= 0.6 is 15.9 Å². The Morgan fingerprint density at radius 3 is 2.72 bits per heavy atom. The second-order valence-electron chi connectivity index (χ2n) is 3.81. The van der Waals surface area contributed by atoms with E-state index in [1.807, 2.05) is 20.0 Å². The number of halogens is 1. The molecule has 0 bridgehead atoms. The summed E-state index contributed by atoms with van der Waals surface area (Å²) in [5.74, 6) is 1.57. The van der Waals surface area contributed by atoms with E-state index >= 15 is 0 Å². The van der Waals surface area contributed by atoms with E-state index in [1.54, 1.807) is 18.2 Å². The summed E-state index contributed by atoms with van der Waals surface area (Å²) >= 11 is 3.49. The highest BCUT2D eigenvalue weighted by Gasteiger charge is 2.11. The number of hydrogen-bond donors (Lipinski definition) is 2. The van der Waals surface area contributed by atoms with Crippen LogP contribution in [-0.2, 0) is 6.42 Å². The quantitative estimate of drug-likeness (QED) is 0.914. The first kappa shape index (κ1) is 12.8. The summed E-state index contributed by atoms with van der Waals surface area (Å²) in [6, 6.07) is 6.94. The fourth-order valence-electron chi connectivity index (χ4n) is 1.67. The summed E-state index contributed by atoms with van der Waals surface area (Å²) in [5, 5.41) is 12.5. The van der Waals surface area contributed by atoms with Crippen LogP contribution in [-0.4, -0.2) is 22.1 Å². The molecule has 0 saturated heterocycles. The number of aromatic hydroxyl groups is 1. The highest BCUT2D eigenvalue weighted by atomic mass is 79.9. The number of phenolic OH excluding ortho intramolecular Hbond substituents is 1. The number of nitrogens with one attached hydrogen (secondary N) is 1. The summed E-state index contributed by atoms with van der Waals surface area (Å²) < 4.78 is 0.886. The fourth-order valence-corrected chi connectivity index (χ4v) is 2.32. The number of aryl methyl sites for hydroxylation is 1. The van der Waals surface area contributed by atoms with Gasteiger partial charge in [-0.25, -0.2) is 9.97 Å². The van der Waals surface area contributed by atoms with E-state index in [-0.39, 0.29) is 5.75 Å². The molecule has 94 valence electrons. The van der Waals surface area contributed by atoms with Gasteiger partial charge in [0, 0.05) is 12.6 Å². The van der Waals surface area contributed by atoms with E-state index in [9.17, 15) is 5.11 Å². The Kier molecular flexibility index (Phi) is 3.81. The summed E-state index contributed by atoms with van der Waals surface area (Å²) in [5.41, 5.74) is 1.74. The molecule has 0 radical (unpaired) electrons. The molecule has 0 unspecified atom stereocenters. The first-order valence-electron chi connectivity index (χ1n) is 5.69. The van der Waals surface area contributed by atoms with Gasteiger partial charge in [0.2, 0.25) is 0 Å². The molecule has 2 N–H and O–H groups in total. The van der Waals surface area contributed by atoms with Crippen LogP contribution < -0.4 is 5.32 Å². The standard InChI is InChI=1S/C13H14BrN3O/c1-3-10-11(14)13(15-2)17-12(16-10)8-5-4-6-9(18)7-8/h4-7,18H,3H2,1-2H3,(H,15,16,17). The number of aromatic nitrogens is 2. The lowest BCUT2D eigenvalue weighted by Crippen LogP contribution is -2.02. The molecule has 0 atom stereocenters. The van der Waals surface area contributed by atoms with Gasteiger partial charge >= 0.3 is 0 Å². The van der Waals surface area contributed by atoms with E-state index in [4.69, 9.17) is 0 Å². The highest BCUT2D eigenvalue weighted by Crippen LogP contribution is 2.28. The SMILES string of the molecule is CCc1nc(-c2cccc(O)c2)nc(NC)c1Br. The van der Waals surface area contributed by atoms with Crippen molar-refractivity contribution in [2.24, 2.45) is 0 Å². The molecule has 0 fully saturated rings. The van der Waals surface area contributed by atoms with Crippen molar-refractivity contribution in [2.75, 3.05) is 12.4 Å². The van der Waals surface area contributed by atoms with Gasteiger partial charge in [0.1, 0.15) is 11.6 Å². The molecule has 0 aliphatic heterocycles. The van der Waals surface area contributed by atoms with Crippen molar-refractivity contribution in [1.82, 2.24) is 9.97 Å². The molecule has 0 spiro atoms. The van der Waals surface area contributed by atoms with Crippen LogP contribution in [0.4, 0.5) is 5.82 Å². The van der Waals surface area contributed by atoms with E-state index in [1.165, 1.54) is 0 Å². The minimum Gasteiger partial charge on any atom is -0.508 e. The molecule has 0 aliphatic carbocycles. The predicted molar refractivity (Wildman–Crippen MR) is 75.8 cm³/mol. The average molecular weight is 308 g/mol. The van der Waals surface area contributed by atoms with Gasteiger partial charge in [-0.05, 0) is 34.5 Å². The third-order valence-electron chi connectivity index (χ3n) is 2.60. The molecule has 0 amide bonds. The number of anilines is 1. The Morgan fingerprint density at radius 1 is 1.33 bits per heavy atom. The molecule has 1 heterocycles. The molecule has 4 nitrogen and oxygen atoms in total. The third-order valence-corrected chi connectivity index (χ3v) is 3.43. The fraction of sp³-hybridized carbons (Fsp3) is 0.231. The maximum atomic E-state index is 9.50. The molecule has 2 rings (SSSR count). The summed E-state index contributed by atoms with van der Waals surface area (Å²) in [7, 11) is 1.82. The summed E-state index contributed by atoms with van der Waals surface area (Å²) in [4.78, 5) is 8.93. The van der Waals surface area contributed by atoms with Crippen LogP contribution in [0.3, 0.4) is 0 Å². The minimum absolute atomic E-state index is 0.211. The van der Waals surface area contributed by atoms with Crippen LogP contribution in [0.15, 0.2) is 28.7 Å². The molecule has 1 aromatic carbocycles. The zero-order chi connectivity index (χ0) is 13.1. The molecule has 18 heavy (non-hydrogen) atoms. The lowest BCUT2D eigenvalue weighted by molar-refractivity contribution is 0.475. The largest absolute Gasteiger partial charge is 0.508 e. The van der Waals surface area contributed by atoms with Crippen LogP contribution in [0.2, 0.25) is 0 Å². The van der Waals surface area contributed by atoms with Crippen LogP contribution in [0, 0.1) is 0 Å². The van der Waals surface area contributed by atoms with Crippen molar-refractivity contribution in [3.63, 3.8) is 0 Å². The number of phenols is 1. The van der Waals surface area contributed by atoms with Gasteiger partial charge in [-0.1, -0.05) is 19.1 Å². The normalized spacial score (nSPS) is 10.4. The second kappa shape index (κ2) is 5.35. The van der Waals surface area contributed by atoms with Crippen molar-refractivity contribution in [2.45, 2.75) is 13.3 Å². The van der Waals surface area contributed by atoms with Crippen LogP contribution in [0.1, 0.15) is 12.6 Å². The van der Waals surface area contributed by atoms with Gasteiger partial charge in [-0.2, -0.15) is 0 Å². The van der Waals surface area contributed by atoms with Gasteiger partial charge in [-0.15, -0.1) is 0 Å². The Morgan fingerprint density at radius 2 is 2.11 bits per heavy atom. The Labute approximate surface area is 114 Å². The number of hydrogen-bond acceptors (Lipinski definition) is 4. The number of benzene rings is 1.